The molecule has 0 aliphatic heterocycles. The molecule has 1 heteroatoms. The highest BCUT2D eigenvalue weighted by atomic mass is 14.7. The molecule has 1 heterocycles. The maximum absolute atomic E-state index is 4.83. The highest BCUT2D eigenvalue weighted by molar-refractivity contribution is 5.17. The fraction of sp³-hybridized carbons (Fsp3) is 0.800. The number of rotatable bonds is 8. The van der Waals surface area contributed by atoms with Crippen molar-refractivity contribution in [2.24, 2.45) is 17.8 Å². The van der Waals surface area contributed by atoms with Crippen LogP contribution in [0, 0.1) is 17.8 Å². The number of unbranched alkanes of at least 4 members (excludes halogenated alkanes) is 2. The molecule has 1 aromatic heterocycles. The second-order valence-corrected chi connectivity index (χ2v) is 9.23. The molecule has 0 aromatic carbocycles. The minimum atomic E-state index is 0.729. The number of aromatic nitrogens is 1. The van der Waals surface area contributed by atoms with Crippen LogP contribution in [-0.4, -0.2) is 4.98 Å². The van der Waals surface area contributed by atoms with E-state index in [-0.39, 0.29) is 0 Å². The monoisotopic (exact) mass is 355 g/mol. The van der Waals surface area contributed by atoms with Crippen LogP contribution in [0.3, 0.4) is 0 Å². The van der Waals surface area contributed by atoms with Crippen LogP contribution in [0.1, 0.15) is 114 Å². The van der Waals surface area contributed by atoms with Crippen LogP contribution in [0.25, 0.3) is 0 Å². The lowest BCUT2D eigenvalue weighted by atomic mass is 9.68. The van der Waals surface area contributed by atoms with Crippen LogP contribution < -0.4 is 0 Å². The van der Waals surface area contributed by atoms with Gasteiger partial charge in [-0.05, 0) is 80.8 Å². The van der Waals surface area contributed by atoms with Crippen molar-refractivity contribution in [1.29, 1.82) is 0 Å². The van der Waals surface area contributed by atoms with Gasteiger partial charge >= 0.3 is 0 Å². The molecule has 2 saturated carbocycles. The first-order chi connectivity index (χ1) is 12.8. The molecule has 0 amide bonds. The highest BCUT2D eigenvalue weighted by Gasteiger charge is 2.31. The van der Waals surface area contributed by atoms with Gasteiger partial charge in [-0.1, -0.05) is 58.4 Å². The van der Waals surface area contributed by atoms with Crippen molar-refractivity contribution in [2.45, 2.75) is 110 Å². The topological polar surface area (TPSA) is 12.9 Å². The summed E-state index contributed by atoms with van der Waals surface area (Å²) in [6, 6.07) is 4.66. The molecule has 2 fully saturated rings. The Morgan fingerprint density at radius 2 is 1.46 bits per heavy atom. The van der Waals surface area contributed by atoms with Gasteiger partial charge in [-0.25, -0.2) is 0 Å². The Hall–Kier alpha value is -0.850. The van der Waals surface area contributed by atoms with Crippen molar-refractivity contribution in [3.63, 3.8) is 0 Å². The van der Waals surface area contributed by atoms with Gasteiger partial charge in [-0.2, -0.15) is 0 Å². The maximum atomic E-state index is 4.83. The molecule has 2 aliphatic rings. The van der Waals surface area contributed by atoms with Crippen LogP contribution in [0.15, 0.2) is 18.3 Å². The Kier molecular flexibility index (Phi) is 8.02. The molecular weight excluding hydrogens is 314 g/mol. The van der Waals surface area contributed by atoms with Crippen molar-refractivity contribution in [3.05, 3.63) is 29.6 Å². The molecule has 0 bridgehead atoms. The van der Waals surface area contributed by atoms with Crippen LogP contribution >= 0.6 is 0 Å². The fourth-order valence-electron chi connectivity index (χ4n) is 5.53. The molecule has 0 atom stereocenters. The minimum absolute atomic E-state index is 0.729. The van der Waals surface area contributed by atoms with E-state index in [0.29, 0.717) is 0 Å². The fourth-order valence-corrected chi connectivity index (χ4v) is 5.53. The third-order valence-corrected chi connectivity index (χ3v) is 7.38. The van der Waals surface area contributed by atoms with Crippen LogP contribution in [-0.2, 0) is 6.42 Å². The first-order valence-electron chi connectivity index (χ1n) is 11.7. The number of aryl methyl sites for hydroxylation is 1. The molecule has 0 N–H and O–H groups in total. The maximum Gasteiger partial charge on any atom is 0.0434 e. The molecular formula is C25H41N. The van der Waals surface area contributed by atoms with E-state index in [1.165, 1.54) is 101 Å². The van der Waals surface area contributed by atoms with Gasteiger partial charge in [-0.3, -0.25) is 4.98 Å². The van der Waals surface area contributed by atoms with Crippen molar-refractivity contribution in [3.8, 4) is 0 Å². The molecule has 0 spiro atoms. The summed E-state index contributed by atoms with van der Waals surface area (Å²) < 4.78 is 0. The molecule has 26 heavy (non-hydrogen) atoms. The molecule has 1 aromatic rings. The van der Waals surface area contributed by atoms with E-state index in [2.05, 4.69) is 32.2 Å². The van der Waals surface area contributed by atoms with Gasteiger partial charge in [0.2, 0.25) is 0 Å². The molecule has 3 rings (SSSR count). The van der Waals surface area contributed by atoms with Gasteiger partial charge in [0.15, 0.2) is 0 Å². The second kappa shape index (κ2) is 10.5. The summed E-state index contributed by atoms with van der Waals surface area (Å²) in [6.45, 7) is 4.59. The van der Waals surface area contributed by atoms with E-state index < -0.39 is 0 Å². The summed E-state index contributed by atoms with van der Waals surface area (Å²) in [5.74, 6) is 3.84. The highest BCUT2D eigenvalue weighted by Crippen LogP contribution is 2.44. The largest absolute Gasteiger partial charge is 0.261 e. The van der Waals surface area contributed by atoms with Gasteiger partial charge in [0, 0.05) is 17.8 Å². The van der Waals surface area contributed by atoms with E-state index in [4.69, 9.17) is 4.98 Å². The predicted molar refractivity (Wildman–Crippen MR) is 113 cm³/mol. The normalized spacial score (nSPS) is 29.6. The number of nitrogens with zero attached hydrogens (tertiary/aromatic N) is 1. The van der Waals surface area contributed by atoms with Gasteiger partial charge in [0.25, 0.3) is 0 Å². The van der Waals surface area contributed by atoms with Crippen molar-refractivity contribution < 1.29 is 0 Å². The summed E-state index contributed by atoms with van der Waals surface area (Å²) in [6.07, 6.45) is 22.0. The molecule has 0 saturated heterocycles. The molecule has 2 aliphatic carbocycles. The molecule has 1 nitrogen and oxygen atoms in total. The Balaban J connectivity index is 1.41. The van der Waals surface area contributed by atoms with E-state index in [9.17, 15) is 0 Å². The minimum Gasteiger partial charge on any atom is -0.261 e. The lowest BCUT2D eigenvalue weighted by Gasteiger charge is -2.37. The Bertz CT molecular complexity index is 489. The Labute approximate surface area is 162 Å². The predicted octanol–water partition coefficient (Wildman–Crippen LogP) is 7.69. The standard InChI is InChI=1S/C25H41N/c1-3-5-7-20-9-12-22(13-10-20)23-14-16-24(17-15-23)25-18-11-21(19-26-25)8-6-4-2/h11,18-20,22-24H,3-10,12-17H2,1-2H3/t20-,22-,23?,24?. The lowest BCUT2D eigenvalue weighted by Crippen LogP contribution is -2.25. The first-order valence-corrected chi connectivity index (χ1v) is 11.7. The summed E-state index contributed by atoms with van der Waals surface area (Å²) in [7, 11) is 0. The second-order valence-electron chi connectivity index (χ2n) is 9.23. The lowest BCUT2D eigenvalue weighted by molar-refractivity contribution is 0.155. The third kappa shape index (κ3) is 5.57. The van der Waals surface area contributed by atoms with Crippen molar-refractivity contribution >= 4 is 0 Å². The number of pyridine rings is 1. The molecule has 0 radical (unpaired) electrons. The van der Waals surface area contributed by atoms with Crippen molar-refractivity contribution in [2.75, 3.05) is 0 Å². The van der Waals surface area contributed by atoms with Gasteiger partial charge in [-0.15, -0.1) is 0 Å². The van der Waals surface area contributed by atoms with E-state index in [0.717, 1.165) is 23.7 Å². The van der Waals surface area contributed by atoms with Crippen LogP contribution in [0.4, 0.5) is 0 Å². The summed E-state index contributed by atoms with van der Waals surface area (Å²) in [5, 5.41) is 0. The smallest absolute Gasteiger partial charge is 0.0434 e. The van der Waals surface area contributed by atoms with Gasteiger partial charge < -0.3 is 0 Å². The van der Waals surface area contributed by atoms with Crippen LogP contribution in [0.5, 0.6) is 0 Å². The quantitative estimate of drug-likeness (QED) is 0.465. The average molecular weight is 356 g/mol. The van der Waals surface area contributed by atoms with E-state index in [1.54, 1.807) is 0 Å². The number of hydrogen-bond donors (Lipinski definition) is 0. The Morgan fingerprint density at radius 1 is 0.808 bits per heavy atom. The zero-order valence-corrected chi connectivity index (χ0v) is 17.4. The summed E-state index contributed by atoms with van der Waals surface area (Å²) in [4.78, 5) is 4.83. The van der Waals surface area contributed by atoms with E-state index in [1.807, 2.05) is 0 Å². The Morgan fingerprint density at radius 3 is 2.04 bits per heavy atom. The zero-order valence-electron chi connectivity index (χ0n) is 17.4. The van der Waals surface area contributed by atoms with Crippen LogP contribution in [0.2, 0.25) is 0 Å². The van der Waals surface area contributed by atoms with Crippen molar-refractivity contribution in [1.82, 2.24) is 4.98 Å². The van der Waals surface area contributed by atoms with Gasteiger partial charge in [0.1, 0.15) is 0 Å². The average Bonchev–Trinajstić information content (AvgIpc) is 2.72. The van der Waals surface area contributed by atoms with Gasteiger partial charge in [0.05, 0.1) is 0 Å². The summed E-state index contributed by atoms with van der Waals surface area (Å²) in [5.41, 5.74) is 2.79. The number of hydrogen-bond acceptors (Lipinski definition) is 1. The third-order valence-electron chi connectivity index (χ3n) is 7.38. The van der Waals surface area contributed by atoms with E-state index >= 15 is 0 Å². The molecule has 146 valence electrons. The SMILES string of the molecule is CCCCc1ccc(C2CCC([C@H]3CC[C@H](CCCC)CC3)CC2)nc1. The first kappa shape index (κ1) is 19.9. The molecule has 0 unspecified atom stereocenters. The zero-order chi connectivity index (χ0) is 18.2. The summed E-state index contributed by atoms with van der Waals surface area (Å²) >= 11 is 0.